The lowest BCUT2D eigenvalue weighted by molar-refractivity contribution is 0.577. The van der Waals surface area contributed by atoms with Gasteiger partial charge in [0.25, 0.3) is 0 Å². The number of nitriles is 2. The molecule has 1 aliphatic rings. The van der Waals surface area contributed by atoms with Crippen molar-refractivity contribution in [3.8, 4) is 51.7 Å². The molecule has 23 rings (SSSR count). The van der Waals surface area contributed by atoms with Gasteiger partial charge >= 0.3 is 0 Å². The van der Waals surface area contributed by atoms with Crippen LogP contribution in [0.15, 0.2) is 309 Å². The van der Waals surface area contributed by atoms with Crippen LogP contribution in [0.3, 0.4) is 0 Å². The van der Waals surface area contributed by atoms with Crippen molar-refractivity contribution < 1.29 is 8.78 Å². The highest BCUT2D eigenvalue weighted by Gasteiger charge is 2.26. The van der Waals surface area contributed by atoms with Crippen molar-refractivity contribution in [1.29, 1.82) is 10.5 Å². The molecule has 0 atom stereocenters. The molecule has 0 N–H and O–H groups in total. The second-order valence-corrected chi connectivity index (χ2v) is 26.5. The first kappa shape index (κ1) is 59.2. The van der Waals surface area contributed by atoms with E-state index >= 15 is 0 Å². The van der Waals surface area contributed by atoms with Crippen LogP contribution in [-0.4, -0.2) is 51.0 Å². The third kappa shape index (κ3) is 8.73. The van der Waals surface area contributed by atoms with Crippen LogP contribution in [0, 0.1) is 34.3 Å². The van der Waals surface area contributed by atoms with E-state index in [1.807, 2.05) is 18.2 Å². The first-order valence-electron chi connectivity index (χ1n) is 34.6. The second kappa shape index (κ2) is 22.9. The van der Waals surface area contributed by atoms with E-state index in [1.165, 1.54) is 45.4 Å². The number of hydrogen-bond acceptors (Lipinski definition) is 5. The summed E-state index contributed by atoms with van der Waals surface area (Å²) < 4.78 is 42.9. The highest BCUT2D eigenvalue weighted by Crippen LogP contribution is 2.43. The number of nitrogens with zero attached hydrogens (tertiary/aromatic N) is 13. The van der Waals surface area contributed by atoms with Crippen LogP contribution < -0.4 is 0 Å². The predicted molar refractivity (Wildman–Crippen MR) is 415 cm³/mol. The SMILES string of the molecule is N#Cc1c(-n2c3ccccc3c3cc(-n4c5ccccc5n5c6ccccc6nc45)ccc32)cccc1-n1c2ccccc2c2cc(-n3c4ccccc4n4c5ccccc5nc34)ccc21.N#Cc1c(F)cccc1F.c1ccc2c(c1)Cc1ccc(-n3c4ccccc4n4c5ccccc5nc34)cc1-2. The van der Waals surface area contributed by atoms with Crippen LogP contribution in [0.2, 0.25) is 0 Å². The molecular weight excluding hydrogens is 1300 g/mol. The first-order valence-corrected chi connectivity index (χ1v) is 34.6. The molecule has 492 valence electrons. The molecule has 0 amide bonds. The van der Waals surface area contributed by atoms with E-state index < -0.39 is 17.2 Å². The van der Waals surface area contributed by atoms with Gasteiger partial charge in [0.15, 0.2) is 0 Å². The van der Waals surface area contributed by atoms with Crippen LogP contribution >= 0.6 is 0 Å². The van der Waals surface area contributed by atoms with Gasteiger partial charge in [0.2, 0.25) is 17.3 Å². The molecule has 0 saturated carbocycles. The molecule has 15 heteroatoms. The summed E-state index contributed by atoms with van der Waals surface area (Å²) in [6.45, 7) is 0. The van der Waals surface area contributed by atoms with E-state index in [9.17, 15) is 14.0 Å². The standard InChI is InChI=1S/C57H33N9.C26H17N3.C7H3F2N/c58-34-41-46(63-44-18-5-1-14-37(44)39-32-35(28-30-48(39)63)61-52-22-9-11-24-54(52)65-50-20-7-3-16-42(50)59-56(61)65)26-13-27-47(41)64-45-19-6-2-15-38(45)40-33-36(29-31-49(40)64)62-53-23-10-12-25-55(53)66-51-21-8-4-17-43(51)60-57(62)66;1-2-8-20-17(7-1)15-18-13-14-19(16-21(18)20)28-24-11-5-6-12-25(24)29-23-10-4-3-9-22(23)27-26(28)29;8-6-2-1-3-7(9)5(6)4-10/h1-33H;1-14,16H,15H2;1-3H. The molecule has 0 bridgehead atoms. The van der Waals surface area contributed by atoms with E-state index in [0.717, 1.165) is 163 Å². The molecule has 105 heavy (non-hydrogen) atoms. The van der Waals surface area contributed by atoms with Gasteiger partial charge in [-0.1, -0.05) is 152 Å². The number of hydrogen-bond donors (Lipinski definition) is 0. The Morgan fingerprint density at radius 2 is 0.610 bits per heavy atom. The monoisotopic (exact) mass is 1350 g/mol. The Morgan fingerprint density at radius 3 is 1.05 bits per heavy atom. The summed E-state index contributed by atoms with van der Waals surface area (Å²) in [5, 5.41) is 23.9. The van der Waals surface area contributed by atoms with Crippen molar-refractivity contribution in [3.63, 3.8) is 0 Å². The normalized spacial score (nSPS) is 12.0. The number of benzene rings is 14. The molecule has 0 saturated heterocycles. The van der Waals surface area contributed by atoms with Crippen LogP contribution in [0.1, 0.15) is 22.3 Å². The minimum absolute atomic E-state index is 0.525. The van der Waals surface area contributed by atoms with Gasteiger partial charge in [-0.05, 0) is 186 Å². The number of imidazole rings is 6. The fourth-order valence-electron chi connectivity index (χ4n) is 16.4. The number of fused-ring (bicyclic) bond motifs is 24. The molecule has 13 nitrogen and oxygen atoms in total. The van der Waals surface area contributed by atoms with Gasteiger partial charge in [0, 0.05) is 38.6 Å². The molecule has 8 heterocycles. The minimum atomic E-state index is -0.817. The Labute approximate surface area is 595 Å². The first-order chi connectivity index (χ1) is 51.9. The zero-order valence-electron chi connectivity index (χ0n) is 55.7. The lowest BCUT2D eigenvalue weighted by Gasteiger charge is -2.16. The summed E-state index contributed by atoms with van der Waals surface area (Å²) in [5.74, 6) is 1.05. The van der Waals surface area contributed by atoms with Gasteiger partial charge in [0.05, 0.1) is 99.6 Å². The molecule has 8 aromatic heterocycles. The van der Waals surface area contributed by atoms with Crippen LogP contribution in [0.4, 0.5) is 8.78 Å². The largest absolute Gasteiger partial charge is 0.308 e. The number of rotatable bonds is 5. The number of halogens is 2. The molecule has 1 aliphatic carbocycles. The van der Waals surface area contributed by atoms with Gasteiger partial charge in [-0.3, -0.25) is 26.9 Å². The van der Waals surface area contributed by atoms with Gasteiger partial charge in [-0.25, -0.2) is 23.7 Å². The van der Waals surface area contributed by atoms with Crippen molar-refractivity contribution in [1.82, 2.24) is 51.0 Å². The summed E-state index contributed by atoms with van der Waals surface area (Å²) in [6, 6.07) is 110. The molecule has 22 aromatic rings. The molecule has 0 spiro atoms. The van der Waals surface area contributed by atoms with E-state index in [-0.39, 0.29) is 0 Å². The lowest BCUT2D eigenvalue weighted by atomic mass is 10.1. The highest BCUT2D eigenvalue weighted by atomic mass is 19.1. The number of aromatic nitrogens is 11. The molecular formula is C90H53F2N13. The van der Waals surface area contributed by atoms with Crippen LogP contribution in [-0.2, 0) is 6.42 Å². The maximum Gasteiger partial charge on any atom is 0.220 e. The lowest BCUT2D eigenvalue weighted by Crippen LogP contribution is -2.04. The summed E-state index contributed by atoms with van der Waals surface area (Å²) in [6.07, 6.45) is 1.01. The Bertz CT molecular complexity index is 7230. The van der Waals surface area contributed by atoms with Crippen molar-refractivity contribution >= 4 is 127 Å². The average Bonchev–Trinajstić information content (AvgIpc) is 1.57. The molecule has 0 radical (unpaired) electrons. The highest BCUT2D eigenvalue weighted by molar-refractivity contribution is 6.12. The summed E-state index contributed by atoms with van der Waals surface area (Å²) in [4.78, 5) is 15.3. The molecule has 0 aliphatic heterocycles. The van der Waals surface area contributed by atoms with Crippen LogP contribution in [0.5, 0.6) is 0 Å². The van der Waals surface area contributed by atoms with Gasteiger partial charge in [-0.2, -0.15) is 10.5 Å². The summed E-state index contributed by atoms with van der Waals surface area (Å²) >= 11 is 0. The van der Waals surface area contributed by atoms with Crippen molar-refractivity contribution in [3.05, 3.63) is 343 Å². The molecule has 0 unspecified atom stereocenters. The fourth-order valence-corrected chi connectivity index (χ4v) is 16.4. The zero-order chi connectivity index (χ0) is 69.7. The van der Waals surface area contributed by atoms with Crippen molar-refractivity contribution in [2.24, 2.45) is 0 Å². The predicted octanol–water partition coefficient (Wildman–Crippen LogP) is 21.1. The zero-order valence-corrected chi connectivity index (χ0v) is 55.7. The summed E-state index contributed by atoms with van der Waals surface area (Å²) in [7, 11) is 0. The molecule has 0 fully saturated rings. The Kier molecular flexibility index (Phi) is 12.9. The van der Waals surface area contributed by atoms with Crippen molar-refractivity contribution in [2.75, 3.05) is 0 Å². The third-order valence-corrected chi connectivity index (χ3v) is 20.9. The Balaban J connectivity index is 0.000000149. The van der Waals surface area contributed by atoms with E-state index in [4.69, 9.17) is 20.2 Å². The average molecular weight is 1350 g/mol. The Hall–Kier alpha value is -14.7. The van der Waals surface area contributed by atoms with E-state index in [2.05, 4.69) is 315 Å². The smallest absolute Gasteiger partial charge is 0.220 e. The van der Waals surface area contributed by atoms with Gasteiger partial charge < -0.3 is 9.13 Å². The Morgan fingerprint density at radius 1 is 0.267 bits per heavy atom. The maximum absolute atomic E-state index is 12.4. The van der Waals surface area contributed by atoms with E-state index in [1.54, 1.807) is 0 Å². The second-order valence-electron chi connectivity index (χ2n) is 26.5. The topological polar surface area (TPSA) is 124 Å². The van der Waals surface area contributed by atoms with Crippen LogP contribution in [0.25, 0.3) is 167 Å². The molecule has 14 aromatic carbocycles. The third-order valence-electron chi connectivity index (χ3n) is 20.9. The van der Waals surface area contributed by atoms with Gasteiger partial charge in [-0.15, -0.1) is 0 Å². The fraction of sp³-hybridized carbons (Fsp3) is 0.0111. The maximum atomic E-state index is 12.4. The van der Waals surface area contributed by atoms with Crippen molar-refractivity contribution in [2.45, 2.75) is 6.42 Å². The summed E-state index contributed by atoms with van der Waals surface area (Å²) in [5.41, 5.74) is 27.4. The quantitative estimate of drug-likeness (QED) is 0.170. The number of para-hydroxylation sites is 14. The van der Waals surface area contributed by atoms with Gasteiger partial charge in [0.1, 0.15) is 34.9 Å². The van der Waals surface area contributed by atoms with E-state index in [0.29, 0.717) is 5.56 Å². The minimum Gasteiger partial charge on any atom is -0.308 e.